The van der Waals surface area contributed by atoms with E-state index in [4.69, 9.17) is 0 Å². The lowest BCUT2D eigenvalue weighted by molar-refractivity contribution is 0.381. The highest BCUT2D eigenvalue weighted by Gasteiger charge is 2.34. The SMILES string of the molecule is CSC1(CNc2c(F)c(F)c(F)c(F)c2F)CCCC1. The van der Waals surface area contributed by atoms with E-state index in [9.17, 15) is 22.0 Å². The fourth-order valence-corrected chi connectivity index (χ4v) is 3.40. The largest absolute Gasteiger partial charge is 0.379 e. The molecular weight excluding hydrogens is 297 g/mol. The summed E-state index contributed by atoms with van der Waals surface area (Å²) in [6.07, 6.45) is 5.60. The molecule has 0 radical (unpaired) electrons. The molecule has 20 heavy (non-hydrogen) atoms. The van der Waals surface area contributed by atoms with Crippen LogP contribution in [0.4, 0.5) is 27.6 Å². The highest BCUT2D eigenvalue weighted by atomic mass is 32.2. The normalized spacial score (nSPS) is 17.5. The van der Waals surface area contributed by atoms with Crippen LogP contribution in [0.2, 0.25) is 0 Å². The molecule has 0 aromatic heterocycles. The summed E-state index contributed by atoms with van der Waals surface area (Å²) >= 11 is 1.55. The van der Waals surface area contributed by atoms with Crippen molar-refractivity contribution in [1.29, 1.82) is 0 Å². The van der Waals surface area contributed by atoms with Crippen LogP contribution >= 0.6 is 11.8 Å². The number of hydrogen-bond acceptors (Lipinski definition) is 2. The Balaban J connectivity index is 2.26. The van der Waals surface area contributed by atoms with E-state index in [1.807, 2.05) is 6.26 Å². The third kappa shape index (κ3) is 2.60. The molecule has 1 aromatic carbocycles. The molecule has 2 rings (SSSR count). The average Bonchev–Trinajstić information content (AvgIpc) is 2.92. The van der Waals surface area contributed by atoms with Crippen LogP contribution in [0.15, 0.2) is 0 Å². The molecule has 0 unspecified atom stereocenters. The van der Waals surface area contributed by atoms with E-state index in [1.165, 1.54) is 0 Å². The zero-order valence-electron chi connectivity index (χ0n) is 10.8. The number of nitrogens with one attached hydrogen (secondary N) is 1. The Kier molecular flexibility index (Phi) is 4.46. The molecule has 0 bridgehead atoms. The molecule has 1 aliphatic rings. The predicted octanol–water partition coefficient (Wildman–Crippen LogP) is 4.47. The van der Waals surface area contributed by atoms with Crippen molar-refractivity contribution in [2.24, 2.45) is 0 Å². The molecule has 0 heterocycles. The topological polar surface area (TPSA) is 12.0 Å². The van der Waals surface area contributed by atoms with Gasteiger partial charge in [0.1, 0.15) is 5.69 Å². The van der Waals surface area contributed by atoms with Gasteiger partial charge in [-0.25, -0.2) is 22.0 Å². The van der Waals surface area contributed by atoms with Crippen molar-refractivity contribution in [3.05, 3.63) is 29.1 Å². The maximum Gasteiger partial charge on any atom is 0.200 e. The summed E-state index contributed by atoms with van der Waals surface area (Å²) in [5.41, 5.74) is -0.943. The van der Waals surface area contributed by atoms with E-state index < -0.39 is 34.8 Å². The van der Waals surface area contributed by atoms with Crippen LogP contribution in [-0.4, -0.2) is 17.5 Å². The molecular formula is C13H14F5NS. The van der Waals surface area contributed by atoms with Crippen molar-refractivity contribution in [2.75, 3.05) is 18.1 Å². The minimum atomic E-state index is -2.13. The van der Waals surface area contributed by atoms with Crippen molar-refractivity contribution in [1.82, 2.24) is 0 Å². The summed E-state index contributed by atoms with van der Waals surface area (Å²) in [6, 6.07) is 0. The minimum Gasteiger partial charge on any atom is -0.379 e. The summed E-state index contributed by atoms with van der Waals surface area (Å²) in [5.74, 6) is -9.59. The number of halogens is 5. The van der Waals surface area contributed by atoms with E-state index in [1.54, 1.807) is 11.8 Å². The maximum absolute atomic E-state index is 13.5. The van der Waals surface area contributed by atoms with E-state index in [2.05, 4.69) is 5.32 Å². The van der Waals surface area contributed by atoms with Gasteiger partial charge in [0.2, 0.25) is 5.82 Å². The van der Waals surface area contributed by atoms with Crippen LogP contribution < -0.4 is 5.32 Å². The highest BCUT2D eigenvalue weighted by Crippen LogP contribution is 2.40. The summed E-state index contributed by atoms with van der Waals surface area (Å²) in [4.78, 5) is 0. The first-order chi connectivity index (χ1) is 9.42. The molecule has 0 aliphatic heterocycles. The van der Waals surface area contributed by atoms with Crippen LogP contribution in [0.3, 0.4) is 0 Å². The van der Waals surface area contributed by atoms with Crippen molar-refractivity contribution in [3.8, 4) is 0 Å². The second-order valence-corrected chi connectivity index (χ2v) is 6.17. The summed E-state index contributed by atoms with van der Waals surface area (Å²) < 4.78 is 65.9. The lowest BCUT2D eigenvalue weighted by Crippen LogP contribution is -2.31. The summed E-state index contributed by atoms with van der Waals surface area (Å²) in [5, 5.41) is 2.41. The van der Waals surface area contributed by atoms with Gasteiger partial charge in [0.15, 0.2) is 23.3 Å². The fourth-order valence-electron chi connectivity index (χ4n) is 2.48. The quantitative estimate of drug-likeness (QED) is 0.500. The number of rotatable bonds is 4. The third-order valence-electron chi connectivity index (χ3n) is 3.74. The predicted molar refractivity (Wildman–Crippen MR) is 69.4 cm³/mol. The Morgan fingerprint density at radius 1 is 0.900 bits per heavy atom. The first-order valence-corrected chi connectivity index (χ1v) is 7.45. The molecule has 1 aliphatic carbocycles. The van der Waals surface area contributed by atoms with Gasteiger partial charge in [-0.1, -0.05) is 12.8 Å². The smallest absolute Gasteiger partial charge is 0.200 e. The van der Waals surface area contributed by atoms with E-state index in [0.717, 1.165) is 25.7 Å². The van der Waals surface area contributed by atoms with Crippen LogP contribution in [0, 0.1) is 29.1 Å². The zero-order valence-corrected chi connectivity index (χ0v) is 11.7. The zero-order chi connectivity index (χ0) is 14.9. The van der Waals surface area contributed by atoms with Crippen molar-refractivity contribution < 1.29 is 22.0 Å². The Labute approximate surface area is 117 Å². The van der Waals surface area contributed by atoms with Gasteiger partial charge in [-0.15, -0.1) is 0 Å². The monoisotopic (exact) mass is 311 g/mol. The number of anilines is 1. The molecule has 0 spiro atoms. The van der Waals surface area contributed by atoms with Crippen LogP contribution in [-0.2, 0) is 0 Å². The minimum absolute atomic E-state index is 0.173. The Hall–Kier alpha value is -0.980. The van der Waals surface area contributed by atoms with Gasteiger partial charge in [-0.3, -0.25) is 0 Å². The second-order valence-electron chi connectivity index (χ2n) is 4.89. The summed E-state index contributed by atoms with van der Waals surface area (Å²) in [7, 11) is 0. The van der Waals surface area contributed by atoms with Gasteiger partial charge in [0, 0.05) is 11.3 Å². The molecule has 1 fully saturated rings. The highest BCUT2D eigenvalue weighted by molar-refractivity contribution is 8.00. The number of benzene rings is 1. The average molecular weight is 311 g/mol. The van der Waals surface area contributed by atoms with E-state index >= 15 is 0 Å². The molecule has 7 heteroatoms. The Bertz CT molecular complexity index is 485. The molecule has 1 saturated carbocycles. The lowest BCUT2D eigenvalue weighted by Gasteiger charge is -2.27. The third-order valence-corrected chi connectivity index (χ3v) is 5.16. The van der Waals surface area contributed by atoms with Gasteiger partial charge in [-0.2, -0.15) is 11.8 Å². The fraction of sp³-hybridized carbons (Fsp3) is 0.538. The van der Waals surface area contributed by atoms with Crippen molar-refractivity contribution in [2.45, 2.75) is 30.4 Å². The first-order valence-electron chi connectivity index (χ1n) is 6.22. The first kappa shape index (κ1) is 15.4. The van der Waals surface area contributed by atoms with Crippen LogP contribution in [0.25, 0.3) is 0 Å². The molecule has 1 N–H and O–H groups in total. The van der Waals surface area contributed by atoms with Gasteiger partial charge in [0.05, 0.1) is 0 Å². The Morgan fingerprint density at radius 3 is 1.80 bits per heavy atom. The standard InChI is InChI=1S/C13H14F5NS/c1-20-13(4-2-3-5-13)6-19-12-10(17)8(15)7(14)9(16)11(12)18/h19H,2-6H2,1H3. The molecule has 0 amide bonds. The second kappa shape index (κ2) is 5.79. The molecule has 112 valence electrons. The van der Waals surface area contributed by atoms with E-state index in [-0.39, 0.29) is 11.3 Å². The maximum atomic E-state index is 13.5. The number of hydrogen-bond donors (Lipinski definition) is 1. The summed E-state index contributed by atoms with van der Waals surface area (Å²) in [6.45, 7) is 0.173. The van der Waals surface area contributed by atoms with E-state index in [0.29, 0.717) is 0 Å². The van der Waals surface area contributed by atoms with Crippen LogP contribution in [0.1, 0.15) is 25.7 Å². The van der Waals surface area contributed by atoms with Crippen LogP contribution in [0.5, 0.6) is 0 Å². The lowest BCUT2D eigenvalue weighted by atomic mass is 10.1. The van der Waals surface area contributed by atoms with Gasteiger partial charge >= 0.3 is 0 Å². The van der Waals surface area contributed by atoms with Gasteiger partial charge < -0.3 is 5.32 Å². The van der Waals surface area contributed by atoms with Gasteiger partial charge in [0.25, 0.3) is 0 Å². The number of thioether (sulfide) groups is 1. The molecule has 0 saturated heterocycles. The Morgan fingerprint density at radius 2 is 1.35 bits per heavy atom. The molecule has 1 aromatic rings. The van der Waals surface area contributed by atoms with Crippen molar-refractivity contribution in [3.63, 3.8) is 0 Å². The van der Waals surface area contributed by atoms with Crippen molar-refractivity contribution >= 4 is 17.4 Å². The molecule has 0 atom stereocenters. The van der Waals surface area contributed by atoms with Gasteiger partial charge in [-0.05, 0) is 19.1 Å². The molecule has 1 nitrogen and oxygen atoms in total.